The zero-order chi connectivity index (χ0) is 12.7. The van der Waals surface area contributed by atoms with E-state index >= 15 is 0 Å². The molecule has 88 valence electrons. The Kier molecular flexibility index (Phi) is 4.91. The van der Waals surface area contributed by atoms with Crippen molar-refractivity contribution in [2.24, 2.45) is 5.11 Å². The first kappa shape index (κ1) is 12.9. The van der Waals surface area contributed by atoms with Gasteiger partial charge in [0.2, 0.25) is 0 Å². The summed E-state index contributed by atoms with van der Waals surface area (Å²) in [4.78, 5) is 25.2. The molecule has 0 fully saturated rings. The average Bonchev–Trinajstić information content (AvgIpc) is 2.29. The molecule has 0 unspecified atom stereocenters. The fourth-order valence-electron chi connectivity index (χ4n) is 1.44. The molecule has 0 aliphatic carbocycles. The van der Waals surface area contributed by atoms with Gasteiger partial charge in [0.15, 0.2) is 5.78 Å². The van der Waals surface area contributed by atoms with Gasteiger partial charge in [-0.1, -0.05) is 23.3 Å². The molecule has 0 bridgehead atoms. The van der Waals surface area contributed by atoms with E-state index in [2.05, 4.69) is 10.0 Å². The van der Waals surface area contributed by atoms with E-state index in [1.807, 2.05) is 0 Å². The van der Waals surface area contributed by atoms with Crippen LogP contribution in [0.5, 0.6) is 0 Å². The van der Waals surface area contributed by atoms with Crippen LogP contribution in [0.4, 0.5) is 0 Å². The van der Waals surface area contributed by atoms with E-state index in [1.165, 1.54) is 6.92 Å². The van der Waals surface area contributed by atoms with Crippen molar-refractivity contribution in [2.45, 2.75) is 19.8 Å². The highest BCUT2D eigenvalue weighted by Gasteiger charge is 2.05. The van der Waals surface area contributed by atoms with Crippen molar-refractivity contribution in [3.63, 3.8) is 0 Å². The normalized spacial score (nSPS) is 9.47. The molecule has 0 aliphatic rings. The standard InChI is InChI=1S/C12H13N3O2/c1-9(16)11-4-2-3-10(7-11)8-12(17)5-6-14-15-13/h2-4,7H,5-6,8H2,1H3. The van der Waals surface area contributed by atoms with Crippen LogP contribution < -0.4 is 0 Å². The van der Waals surface area contributed by atoms with Crippen molar-refractivity contribution in [2.75, 3.05) is 6.54 Å². The van der Waals surface area contributed by atoms with Crippen LogP contribution in [0.3, 0.4) is 0 Å². The van der Waals surface area contributed by atoms with Crippen molar-refractivity contribution < 1.29 is 9.59 Å². The van der Waals surface area contributed by atoms with Crippen LogP contribution in [0.2, 0.25) is 0 Å². The molecule has 0 heterocycles. The van der Waals surface area contributed by atoms with E-state index in [0.29, 0.717) is 5.56 Å². The van der Waals surface area contributed by atoms with Gasteiger partial charge in [0.25, 0.3) is 0 Å². The third-order valence-electron chi connectivity index (χ3n) is 2.29. The van der Waals surface area contributed by atoms with Gasteiger partial charge in [-0.25, -0.2) is 0 Å². The first-order valence-corrected chi connectivity index (χ1v) is 5.26. The molecule has 0 radical (unpaired) electrons. The zero-order valence-electron chi connectivity index (χ0n) is 9.59. The van der Waals surface area contributed by atoms with Gasteiger partial charge in [-0.2, -0.15) is 0 Å². The Hall–Kier alpha value is -2.13. The largest absolute Gasteiger partial charge is 0.299 e. The molecule has 5 nitrogen and oxygen atoms in total. The maximum absolute atomic E-state index is 11.5. The second-order valence-corrected chi connectivity index (χ2v) is 3.68. The summed E-state index contributed by atoms with van der Waals surface area (Å²) in [6.45, 7) is 1.67. The van der Waals surface area contributed by atoms with E-state index < -0.39 is 0 Å². The van der Waals surface area contributed by atoms with Crippen LogP contribution >= 0.6 is 0 Å². The highest BCUT2D eigenvalue weighted by molar-refractivity contribution is 5.94. The van der Waals surface area contributed by atoms with Crippen molar-refractivity contribution in [3.8, 4) is 0 Å². The Morgan fingerprint density at radius 1 is 1.41 bits per heavy atom. The summed E-state index contributed by atoms with van der Waals surface area (Å²) in [6.07, 6.45) is 0.496. The van der Waals surface area contributed by atoms with Crippen LogP contribution in [-0.4, -0.2) is 18.1 Å². The second kappa shape index (κ2) is 6.45. The molecule has 17 heavy (non-hydrogen) atoms. The lowest BCUT2D eigenvalue weighted by molar-refractivity contribution is -0.118. The van der Waals surface area contributed by atoms with Gasteiger partial charge in [0.05, 0.1) is 0 Å². The summed E-state index contributed by atoms with van der Waals surface area (Å²) in [6, 6.07) is 6.99. The van der Waals surface area contributed by atoms with E-state index in [1.54, 1.807) is 24.3 Å². The van der Waals surface area contributed by atoms with Crippen LogP contribution in [-0.2, 0) is 11.2 Å². The smallest absolute Gasteiger partial charge is 0.159 e. The molecule has 0 aromatic heterocycles. The van der Waals surface area contributed by atoms with Crippen molar-refractivity contribution in [3.05, 3.63) is 45.8 Å². The molecule has 1 rings (SSSR count). The number of hydrogen-bond acceptors (Lipinski definition) is 3. The summed E-state index contributed by atoms with van der Waals surface area (Å²) < 4.78 is 0. The number of Topliss-reactive ketones (excluding diaryl/α,β-unsaturated/α-hetero) is 2. The molecule has 0 saturated carbocycles. The van der Waals surface area contributed by atoms with Gasteiger partial charge >= 0.3 is 0 Å². The lowest BCUT2D eigenvalue weighted by Gasteiger charge is -2.02. The van der Waals surface area contributed by atoms with Crippen LogP contribution in [0.15, 0.2) is 29.4 Å². The molecule has 0 N–H and O–H groups in total. The Bertz CT molecular complexity index is 476. The maximum Gasteiger partial charge on any atom is 0.159 e. The first-order valence-electron chi connectivity index (χ1n) is 5.26. The molecule has 1 aromatic rings. The van der Waals surface area contributed by atoms with Gasteiger partial charge < -0.3 is 0 Å². The molecule has 0 atom stereocenters. The minimum atomic E-state index is -0.0200. The number of carbonyl (C=O) groups excluding carboxylic acids is 2. The number of azide groups is 1. The van der Waals surface area contributed by atoms with Crippen LogP contribution in [0.1, 0.15) is 29.3 Å². The lowest BCUT2D eigenvalue weighted by Crippen LogP contribution is -2.05. The molecule has 0 amide bonds. The third kappa shape index (κ3) is 4.49. The number of benzene rings is 1. The summed E-state index contributed by atoms with van der Waals surface area (Å²) >= 11 is 0. The fourth-order valence-corrected chi connectivity index (χ4v) is 1.44. The highest BCUT2D eigenvalue weighted by Crippen LogP contribution is 2.08. The summed E-state index contributed by atoms with van der Waals surface area (Å²) in [7, 11) is 0. The number of carbonyl (C=O) groups is 2. The number of nitrogens with zero attached hydrogens (tertiary/aromatic N) is 3. The highest BCUT2D eigenvalue weighted by atomic mass is 16.1. The van der Waals surface area contributed by atoms with Crippen molar-refractivity contribution in [1.82, 2.24) is 0 Å². The Morgan fingerprint density at radius 3 is 2.82 bits per heavy atom. The van der Waals surface area contributed by atoms with Crippen LogP contribution in [0, 0.1) is 0 Å². The quantitative estimate of drug-likeness (QED) is 0.326. The third-order valence-corrected chi connectivity index (χ3v) is 2.29. The average molecular weight is 231 g/mol. The van der Waals surface area contributed by atoms with Crippen molar-refractivity contribution >= 4 is 11.6 Å². The summed E-state index contributed by atoms with van der Waals surface area (Å²) in [5.74, 6) is -0.0218. The fraction of sp³-hybridized carbons (Fsp3) is 0.333. The van der Waals surface area contributed by atoms with E-state index in [0.717, 1.165) is 5.56 Å². The van der Waals surface area contributed by atoms with E-state index in [9.17, 15) is 9.59 Å². The predicted molar refractivity (Wildman–Crippen MR) is 63.8 cm³/mol. The molecule has 0 saturated heterocycles. The molecule has 0 aliphatic heterocycles. The van der Waals surface area contributed by atoms with E-state index in [4.69, 9.17) is 5.53 Å². The number of ketones is 2. The van der Waals surface area contributed by atoms with Gasteiger partial charge in [-0.05, 0) is 24.1 Å². The zero-order valence-corrected chi connectivity index (χ0v) is 9.59. The van der Waals surface area contributed by atoms with Crippen molar-refractivity contribution in [1.29, 1.82) is 0 Å². The lowest BCUT2D eigenvalue weighted by atomic mass is 10.0. The Morgan fingerprint density at radius 2 is 2.18 bits per heavy atom. The Labute approximate surface area is 99.1 Å². The first-order chi connectivity index (χ1) is 8.13. The number of rotatable bonds is 6. The monoisotopic (exact) mass is 231 g/mol. The SMILES string of the molecule is CC(=O)c1cccc(CC(=O)CCN=[N+]=[N-])c1. The summed E-state index contributed by atoms with van der Waals surface area (Å²) in [5.41, 5.74) is 9.49. The minimum absolute atomic E-state index is 0.00176. The van der Waals surface area contributed by atoms with E-state index in [-0.39, 0.29) is 31.0 Å². The molecular formula is C12H13N3O2. The molecule has 1 aromatic carbocycles. The molecule has 5 heteroatoms. The maximum atomic E-state index is 11.5. The van der Waals surface area contributed by atoms with Gasteiger partial charge in [0, 0.05) is 29.9 Å². The van der Waals surface area contributed by atoms with Crippen LogP contribution in [0.25, 0.3) is 10.4 Å². The molecular weight excluding hydrogens is 218 g/mol. The number of hydrogen-bond donors (Lipinski definition) is 0. The van der Waals surface area contributed by atoms with Gasteiger partial charge in [-0.15, -0.1) is 0 Å². The predicted octanol–water partition coefficient (Wildman–Crippen LogP) is 2.70. The molecule has 0 spiro atoms. The van der Waals surface area contributed by atoms with Gasteiger partial charge in [-0.3, -0.25) is 9.59 Å². The minimum Gasteiger partial charge on any atom is -0.299 e. The topological polar surface area (TPSA) is 82.9 Å². The second-order valence-electron chi connectivity index (χ2n) is 3.68. The summed E-state index contributed by atoms with van der Waals surface area (Å²) in [5, 5.41) is 3.30. The van der Waals surface area contributed by atoms with Gasteiger partial charge in [0.1, 0.15) is 5.78 Å². The Balaban J connectivity index is 2.62.